The van der Waals surface area contributed by atoms with Gasteiger partial charge < -0.3 is 20.5 Å². The number of carboxylic acids is 1. The van der Waals surface area contributed by atoms with Crippen molar-refractivity contribution in [1.82, 2.24) is 10.6 Å². The zero-order chi connectivity index (χ0) is 16.8. The predicted molar refractivity (Wildman–Crippen MR) is 81.4 cm³/mol. The maximum Gasteiger partial charge on any atom is 0.332 e. The van der Waals surface area contributed by atoms with Gasteiger partial charge in [0.15, 0.2) is 6.10 Å². The summed E-state index contributed by atoms with van der Waals surface area (Å²) in [6, 6.07) is 8.70. The first-order valence-corrected chi connectivity index (χ1v) is 7.47. The third kappa shape index (κ3) is 4.79. The normalized spacial score (nSPS) is 21.4. The van der Waals surface area contributed by atoms with E-state index in [4.69, 9.17) is 9.84 Å². The van der Waals surface area contributed by atoms with Crippen LogP contribution in [0.3, 0.4) is 0 Å². The Labute approximate surface area is 134 Å². The van der Waals surface area contributed by atoms with Crippen molar-refractivity contribution in [1.29, 1.82) is 0 Å². The van der Waals surface area contributed by atoms with E-state index in [9.17, 15) is 14.4 Å². The standard InChI is InChI=1S/C16H20N2O5/c1-10(14(19)17-9-11-5-3-2-4-6-11)18-15(20)12-7-8-13(23-12)16(21)22/h2-6,10,12-13H,7-9H2,1H3,(H,17,19)(H,18,20)(H,21,22)/t10?,12-,13+/m0/s1. The van der Waals surface area contributed by atoms with Crippen LogP contribution in [0.2, 0.25) is 0 Å². The van der Waals surface area contributed by atoms with Crippen molar-refractivity contribution in [2.45, 2.75) is 44.6 Å². The zero-order valence-corrected chi connectivity index (χ0v) is 12.8. The average molecular weight is 320 g/mol. The molecule has 0 radical (unpaired) electrons. The summed E-state index contributed by atoms with van der Waals surface area (Å²) in [7, 11) is 0. The topological polar surface area (TPSA) is 105 Å². The minimum absolute atomic E-state index is 0.294. The van der Waals surface area contributed by atoms with Crippen LogP contribution in [0.1, 0.15) is 25.3 Å². The van der Waals surface area contributed by atoms with E-state index in [-0.39, 0.29) is 5.91 Å². The highest BCUT2D eigenvalue weighted by atomic mass is 16.5. The molecule has 0 aliphatic carbocycles. The number of aliphatic carboxylic acids is 1. The highest BCUT2D eigenvalue weighted by Gasteiger charge is 2.35. The van der Waals surface area contributed by atoms with Crippen LogP contribution in [-0.4, -0.2) is 41.1 Å². The Balaban J connectivity index is 1.77. The van der Waals surface area contributed by atoms with Crippen molar-refractivity contribution in [3.05, 3.63) is 35.9 Å². The summed E-state index contributed by atoms with van der Waals surface area (Å²) in [6.07, 6.45) is -1.14. The molecule has 7 heteroatoms. The van der Waals surface area contributed by atoms with Gasteiger partial charge in [-0.15, -0.1) is 0 Å². The van der Waals surface area contributed by atoms with Crippen molar-refractivity contribution in [3.63, 3.8) is 0 Å². The number of amides is 2. The lowest BCUT2D eigenvalue weighted by atomic mass is 10.1. The molecule has 0 spiro atoms. The van der Waals surface area contributed by atoms with Crippen LogP contribution in [0.25, 0.3) is 0 Å². The third-order valence-electron chi connectivity index (χ3n) is 3.65. The molecule has 2 rings (SSSR count). The van der Waals surface area contributed by atoms with E-state index >= 15 is 0 Å². The number of carbonyl (C=O) groups excluding carboxylic acids is 2. The summed E-state index contributed by atoms with van der Waals surface area (Å²) in [5.41, 5.74) is 0.961. The van der Waals surface area contributed by atoms with Crippen LogP contribution in [0.4, 0.5) is 0 Å². The lowest BCUT2D eigenvalue weighted by Gasteiger charge is -2.17. The van der Waals surface area contributed by atoms with Gasteiger partial charge in [0.2, 0.25) is 11.8 Å². The van der Waals surface area contributed by atoms with Crippen LogP contribution < -0.4 is 10.6 Å². The molecule has 3 atom stereocenters. The first kappa shape index (κ1) is 17.0. The molecule has 1 aromatic carbocycles. The Hall–Kier alpha value is -2.41. The fourth-order valence-electron chi connectivity index (χ4n) is 2.32. The molecular weight excluding hydrogens is 300 g/mol. The molecule has 1 fully saturated rings. The van der Waals surface area contributed by atoms with Crippen LogP contribution >= 0.6 is 0 Å². The van der Waals surface area contributed by atoms with Crippen molar-refractivity contribution >= 4 is 17.8 Å². The molecule has 124 valence electrons. The van der Waals surface area contributed by atoms with E-state index in [1.54, 1.807) is 6.92 Å². The number of rotatable bonds is 6. The van der Waals surface area contributed by atoms with Crippen molar-refractivity contribution in [3.8, 4) is 0 Å². The molecule has 3 N–H and O–H groups in total. The van der Waals surface area contributed by atoms with Crippen molar-refractivity contribution in [2.24, 2.45) is 0 Å². The molecule has 23 heavy (non-hydrogen) atoms. The van der Waals surface area contributed by atoms with Gasteiger partial charge in [0.05, 0.1) is 0 Å². The number of hydrogen-bond donors (Lipinski definition) is 3. The maximum atomic E-state index is 12.0. The van der Waals surface area contributed by atoms with Crippen molar-refractivity contribution in [2.75, 3.05) is 0 Å². The average Bonchev–Trinajstić information content (AvgIpc) is 3.04. The number of nitrogens with one attached hydrogen (secondary N) is 2. The van der Waals surface area contributed by atoms with Crippen LogP contribution in [0, 0.1) is 0 Å². The first-order valence-electron chi connectivity index (χ1n) is 7.47. The molecule has 0 aromatic heterocycles. The van der Waals surface area contributed by atoms with Gasteiger partial charge in [0.25, 0.3) is 0 Å². The van der Waals surface area contributed by atoms with E-state index in [0.29, 0.717) is 19.4 Å². The summed E-state index contributed by atoms with van der Waals surface area (Å²) < 4.78 is 5.15. The highest BCUT2D eigenvalue weighted by Crippen LogP contribution is 2.20. The van der Waals surface area contributed by atoms with E-state index in [1.165, 1.54) is 0 Å². The van der Waals surface area contributed by atoms with Gasteiger partial charge in [-0.25, -0.2) is 4.79 Å². The molecule has 1 aromatic rings. The van der Waals surface area contributed by atoms with Gasteiger partial charge in [-0.1, -0.05) is 30.3 Å². The van der Waals surface area contributed by atoms with Crippen molar-refractivity contribution < 1.29 is 24.2 Å². The summed E-state index contributed by atoms with van der Waals surface area (Å²) in [4.78, 5) is 34.8. The van der Waals surface area contributed by atoms with E-state index in [1.807, 2.05) is 30.3 Å². The summed E-state index contributed by atoms with van der Waals surface area (Å²) in [5.74, 6) is -1.85. The molecule has 7 nitrogen and oxygen atoms in total. The number of benzene rings is 1. The number of carbonyl (C=O) groups is 3. The summed E-state index contributed by atoms with van der Waals surface area (Å²) in [6.45, 7) is 1.95. The number of hydrogen-bond acceptors (Lipinski definition) is 4. The molecule has 0 saturated carbocycles. The second-order valence-corrected chi connectivity index (χ2v) is 5.46. The molecule has 2 amide bonds. The summed E-state index contributed by atoms with van der Waals surface area (Å²) in [5, 5.41) is 14.1. The van der Waals surface area contributed by atoms with E-state index < -0.39 is 30.1 Å². The van der Waals surface area contributed by atoms with Crippen LogP contribution in [0.5, 0.6) is 0 Å². The van der Waals surface area contributed by atoms with Gasteiger partial charge in [0, 0.05) is 6.54 Å². The lowest BCUT2D eigenvalue weighted by molar-refractivity contribution is -0.152. The molecule has 1 aliphatic heterocycles. The van der Waals surface area contributed by atoms with Gasteiger partial charge in [0.1, 0.15) is 12.1 Å². The monoisotopic (exact) mass is 320 g/mol. The quantitative estimate of drug-likeness (QED) is 0.705. The first-order chi connectivity index (χ1) is 11.0. The predicted octanol–water partition coefficient (Wildman–Crippen LogP) is 0.440. The Morgan fingerprint density at radius 1 is 1.22 bits per heavy atom. The molecule has 1 heterocycles. The number of carboxylic acid groups (broad SMARTS) is 1. The Morgan fingerprint density at radius 2 is 1.87 bits per heavy atom. The minimum Gasteiger partial charge on any atom is -0.479 e. The molecule has 1 unspecified atom stereocenters. The van der Waals surface area contributed by atoms with Gasteiger partial charge in [-0.2, -0.15) is 0 Å². The van der Waals surface area contributed by atoms with Gasteiger partial charge in [-0.3, -0.25) is 9.59 Å². The lowest BCUT2D eigenvalue weighted by Crippen LogP contribution is -2.48. The Bertz CT molecular complexity index is 575. The largest absolute Gasteiger partial charge is 0.479 e. The second kappa shape index (κ2) is 7.73. The smallest absolute Gasteiger partial charge is 0.332 e. The molecule has 1 aliphatic rings. The third-order valence-corrected chi connectivity index (χ3v) is 3.65. The minimum atomic E-state index is -1.08. The van der Waals surface area contributed by atoms with Crippen LogP contribution in [0.15, 0.2) is 30.3 Å². The number of ether oxygens (including phenoxy) is 1. The van der Waals surface area contributed by atoms with E-state index in [0.717, 1.165) is 5.56 Å². The molecular formula is C16H20N2O5. The molecule has 0 bridgehead atoms. The van der Waals surface area contributed by atoms with Gasteiger partial charge >= 0.3 is 5.97 Å². The summed E-state index contributed by atoms with van der Waals surface area (Å²) >= 11 is 0. The second-order valence-electron chi connectivity index (χ2n) is 5.46. The molecule has 1 saturated heterocycles. The maximum absolute atomic E-state index is 12.0. The fourth-order valence-corrected chi connectivity index (χ4v) is 2.32. The van der Waals surface area contributed by atoms with E-state index in [2.05, 4.69) is 10.6 Å². The SMILES string of the molecule is CC(NC(=O)[C@@H]1CC[C@H](C(=O)O)O1)C(=O)NCc1ccccc1. The van der Waals surface area contributed by atoms with Crippen LogP contribution in [-0.2, 0) is 25.7 Å². The highest BCUT2D eigenvalue weighted by molar-refractivity contribution is 5.89. The zero-order valence-electron chi connectivity index (χ0n) is 12.8. The van der Waals surface area contributed by atoms with Gasteiger partial charge in [-0.05, 0) is 25.3 Å². The Kier molecular flexibility index (Phi) is 5.70. The fraction of sp³-hybridized carbons (Fsp3) is 0.438. The Morgan fingerprint density at radius 3 is 2.48 bits per heavy atom.